The van der Waals surface area contributed by atoms with E-state index in [4.69, 9.17) is 4.74 Å². The van der Waals surface area contributed by atoms with Gasteiger partial charge in [-0.3, -0.25) is 9.59 Å². The van der Waals surface area contributed by atoms with Crippen LogP contribution in [0.3, 0.4) is 0 Å². The molecule has 0 aromatic carbocycles. The Morgan fingerprint density at radius 2 is 0.723 bits per heavy atom. The van der Waals surface area contributed by atoms with Crippen molar-refractivity contribution in [2.24, 2.45) is 0 Å². The fourth-order valence-electron chi connectivity index (χ4n) is 8.68. The van der Waals surface area contributed by atoms with Gasteiger partial charge in [-0.05, 0) is 83.5 Å². The van der Waals surface area contributed by atoms with Gasteiger partial charge in [0.15, 0.2) is 0 Å². The Labute approximate surface area is 404 Å². The van der Waals surface area contributed by atoms with E-state index < -0.39 is 12.1 Å². The molecule has 1 amide bonds. The van der Waals surface area contributed by atoms with Gasteiger partial charge in [0, 0.05) is 12.8 Å². The first kappa shape index (κ1) is 63.1. The molecule has 0 aliphatic carbocycles. The third-order valence-corrected chi connectivity index (χ3v) is 13.1. The van der Waals surface area contributed by atoms with Crippen molar-refractivity contribution in [1.29, 1.82) is 0 Å². The topological polar surface area (TPSA) is 95.9 Å². The predicted molar refractivity (Wildman–Crippen MR) is 283 cm³/mol. The van der Waals surface area contributed by atoms with Gasteiger partial charge in [0.25, 0.3) is 0 Å². The maximum absolute atomic E-state index is 12.5. The lowest BCUT2D eigenvalue weighted by Crippen LogP contribution is -2.45. The van der Waals surface area contributed by atoms with Gasteiger partial charge in [0.2, 0.25) is 5.91 Å². The molecule has 0 saturated heterocycles. The molecular weight excluding hydrogens is 803 g/mol. The Morgan fingerprint density at radius 1 is 0.415 bits per heavy atom. The van der Waals surface area contributed by atoms with E-state index >= 15 is 0 Å². The summed E-state index contributed by atoms with van der Waals surface area (Å²) < 4.78 is 5.44. The van der Waals surface area contributed by atoms with E-state index in [9.17, 15) is 19.8 Å². The molecule has 3 N–H and O–H groups in total. The van der Waals surface area contributed by atoms with Crippen molar-refractivity contribution in [3.63, 3.8) is 0 Å². The average Bonchev–Trinajstić information content (AvgIpc) is 3.31. The summed E-state index contributed by atoms with van der Waals surface area (Å²) in [5.41, 5.74) is 0. The molecule has 0 rings (SSSR count). The van der Waals surface area contributed by atoms with Crippen LogP contribution in [0.1, 0.15) is 303 Å². The average molecular weight is 915 g/mol. The van der Waals surface area contributed by atoms with E-state index in [0.29, 0.717) is 19.4 Å². The summed E-state index contributed by atoms with van der Waals surface area (Å²) in [4.78, 5) is 24.5. The maximum Gasteiger partial charge on any atom is 0.305 e. The lowest BCUT2D eigenvalue weighted by Gasteiger charge is -2.20. The number of unbranched alkanes of at least 4 members (excludes halogenated alkanes) is 38. The van der Waals surface area contributed by atoms with Gasteiger partial charge in [-0.25, -0.2) is 0 Å². The summed E-state index contributed by atoms with van der Waals surface area (Å²) in [6.07, 6.45) is 67.4. The molecule has 0 aromatic rings. The van der Waals surface area contributed by atoms with Crippen LogP contribution in [0, 0.1) is 0 Å². The number of hydrogen-bond donors (Lipinski definition) is 3. The number of carbonyl (C=O) groups is 2. The van der Waals surface area contributed by atoms with Crippen molar-refractivity contribution in [1.82, 2.24) is 5.32 Å². The van der Waals surface area contributed by atoms with Gasteiger partial charge in [-0.1, -0.05) is 243 Å². The van der Waals surface area contributed by atoms with Gasteiger partial charge in [-0.2, -0.15) is 0 Å². The van der Waals surface area contributed by atoms with E-state index in [1.165, 1.54) is 199 Å². The third kappa shape index (κ3) is 51.3. The van der Waals surface area contributed by atoms with Crippen LogP contribution >= 0.6 is 0 Å². The molecule has 0 radical (unpaired) electrons. The van der Waals surface area contributed by atoms with Crippen LogP contribution in [-0.4, -0.2) is 47.4 Å². The molecule has 2 atom stereocenters. The van der Waals surface area contributed by atoms with Crippen molar-refractivity contribution in [3.8, 4) is 0 Å². The second-order valence-electron chi connectivity index (χ2n) is 19.6. The third-order valence-electron chi connectivity index (χ3n) is 13.1. The molecule has 2 unspecified atom stereocenters. The highest BCUT2D eigenvalue weighted by Crippen LogP contribution is 2.16. The second-order valence-corrected chi connectivity index (χ2v) is 19.6. The van der Waals surface area contributed by atoms with E-state index in [-0.39, 0.29) is 18.5 Å². The van der Waals surface area contributed by atoms with E-state index in [0.717, 1.165) is 77.0 Å². The highest BCUT2D eigenvalue weighted by atomic mass is 16.5. The quantitative estimate of drug-likeness (QED) is 0.0321. The molecule has 0 heterocycles. The normalized spacial score (nSPS) is 12.9. The molecule has 0 aliphatic heterocycles. The largest absolute Gasteiger partial charge is 0.466 e. The van der Waals surface area contributed by atoms with Crippen molar-refractivity contribution in [3.05, 3.63) is 36.5 Å². The van der Waals surface area contributed by atoms with Gasteiger partial charge >= 0.3 is 5.97 Å². The minimum Gasteiger partial charge on any atom is -0.466 e. The molecule has 6 heteroatoms. The molecule has 0 aromatic heterocycles. The summed E-state index contributed by atoms with van der Waals surface area (Å²) in [7, 11) is 0. The Balaban J connectivity index is 3.55. The molecule has 382 valence electrons. The van der Waals surface area contributed by atoms with Crippen LogP contribution in [0.4, 0.5) is 0 Å². The van der Waals surface area contributed by atoms with Gasteiger partial charge in [-0.15, -0.1) is 0 Å². The Morgan fingerprint density at radius 3 is 1.09 bits per heavy atom. The molecule has 6 nitrogen and oxygen atoms in total. The number of aliphatic hydroxyl groups is 2. The summed E-state index contributed by atoms with van der Waals surface area (Å²) in [6, 6.07) is -0.655. The van der Waals surface area contributed by atoms with Gasteiger partial charge < -0.3 is 20.3 Å². The van der Waals surface area contributed by atoms with Gasteiger partial charge in [0.1, 0.15) is 0 Å². The number of allylic oxidation sites excluding steroid dienone is 5. The SMILES string of the molecule is CCCCCCCCC/C=C\CCCCCCCC(=O)OCCCC/C=C\CCCCCCC(=O)NC(CO)C(O)/C=C/CCCCCCCCCCCCCCCCCCCCCC. The van der Waals surface area contributed by atoms with Crippen LogP contribution in [0.15, 0.2) is 36.5 Å². The number of aliphatic hydroxyl groups excluding tert-OH is 2. The second kappa shape index (κ2) is 54.7. The Kier molecular flexibility index (Phi) is 53.1. The number of rotatable bonds is 53. The first-order valence-electron chi connectivity index (χ1n) is 28.8. The molecule has 0 spiro atoms. The van der Waals surface area contributed by atoms with Crippen LogP contribution < -0.4 is 5.32 Å². The number of hydrogen-bond acceptors (Lipinski definition) is 5. The zero-order chi connectivity index (χ0) is 47.2. The van der Waals surface area contributed by atoms with Crippen molar-refractivity contribution in [2.45, 2.75) is 315 Å². The van der Waals surface area contributed by atoms with Crippen LogP contribution in [0.5, 0.6) is 0 Å². The standard InChI is InChI=1S/C59H111NO5/c1-3-5-7-9-11-13-15-17-19-21-22-23-24-25-26-27-29-31-35-39-43-47-51-57(62)56(55-61)60-58(63)52-48-44-40-36-33-34-38-42-46-50-54-65-59(64)53-49-45-41-37-32-30-28-20-18-16-14-12-10-8-6-4-2/h20,28,34,38,47,51,56-57,61-62H,3-19,21-27,29-33,35-37,39-46,48-50,52-55H2,1-2H3,(H,60,63)/b28-20-,38-34-,51-47+. The highest BCUT2D eigenvalue weighted by Gasteiger charge is 2.18. The molecule has 0 bridgehead atoms. The number of amides is 1. The van der Waals surface area contributed by atoms with E-state index in [1.54, 1.807) is 6.08 Å². The number of esters is 1. The minimum atomic E-state index is -0.868. The van der Waals surface area contributed by atoms with Crippen molar-refractivity contribution in [2.75, 3.05) is 13.2 Å². The lowest BCUT2D eigenvalue weighted by molar-refractivity contribution is -0.143. The number of ether oxygens (including phenoxy) is 1. The zero-order valence-corrected chi connectivity index (χ0v) is 43.5. The summed E-state index contributed by atoms with van der Waals surface area (Å²) in [6.45, 7) is 4.82. The molecule has 0 aliphatic rings. The Hall–Kier alpha value is -1.92. The van der Waals surface area contributed by atoms with E-state index in [2.05, 4.69) is 43.5 Å². The Bertz CT molecular complexity index is 1060. The maximum atomic E-state index is 12.5. The predicted octanol–water partition coefficient (Wildman–Crippen LogP) is 17.6. The van der Waals surface area contributed by atoms with Crippen LogP contribution in [-0.2, 0) is 14.3 Å². The fraction of sp³-hybridized carbons (Fsp3) is 0.864. The summed E-state index contributed by atoms with van der Waals surface area (Å²) in [5.74, 6) is -0.148. The van der Waals surface area contributed by atoms with Crippen molar-refractivity contribution < 1.29 is 24.5 Å². The van der Waals surface area contributed by atoms with E-state index in [1.807, 2.05) is 6.08 Å². The molecule has 0 saturated carbocycles. The summed E-state index contributed by atoms with van der Waals surface area (Å²) >= 11 is 0. The molecule has 65 heavy (non-hydrogen) atoms. The van der Waals surface area contributed by atoms with Crippen molar-refractivity contribution >= 4 is 11.9 Å². The molecular formula is C59H111NO5. The van der Waals surface area contributed by atoms with Gasteiger partial charge in [0.05, 0.1) is 25.4 Å². The monoisotopic (exact) mass is 914 g/mol. The number of nitrogens with one attached hydrogen (secondary N) is 1. The molecule has 0 fully saturated rings. The first-order chi connectivity index (χ1) is 32.0. The van der Waals surface area contributed by atoms with Crippen LogP contribution in [0.25, 0.3) is 0 Å². The van der Waals surface area contributed by atoms with Crippen LogP contribution in [0.2, 0.25) is 0 Å². The number of carbonyl (C=O) groups excluding carboxylic acids is 2. The first-order valence-corrected chi connectivity index (χ1v) is 28.8. The minimum absolute atomic E-state index is 0.0455. The highest BCUT2D eigenvalue weighted by molar-refractivity contribution is 5.76. The zero-order valence-electron chi connectivity index (χ0n) is 43.5. The lowest BCUT2D eigenvalue weighted by atomic mass is 10.0. The fourth-order valence-corrected chi connectivity index (χ4v) is 8.68. The summed E-state index contributed by atoms with van der Waals surface area (Å²) in [5, 5.41) is 23.1. The smallest absolute Gasteiger partial charge is 0.305 e.